The third-order valence-electron chi connectivity index (χ3n) is 5.13. The standard InChI is InChI=1S/C21H22N2O7S/c1-21(15-8-9-17-18(14-15)29-12-5-11-28-17)19(24)23(20(25)22-21)10-13-31(26,27)30-16-6-3-2-4-7-16/h2-4,6-9,14H,5,10-13H2,1H3,(H,22,25). The number of nitrogens with zero attached hydrogens (tertiary/aromatic N) is 1. The number of fused-ring (bicyclic) bond motifs is 1. The van der Waals surface area contributed by atoms with Crippen LogP contribution < -0.4 is 19.0 Å². The molecule has 31 heavy (non-hydrogen) atoms. The molecule has 0 radical (unpaired) electrons. The Morgan fingerprint density at radius 1 is 1.06 bits per heavy atom. The van der Waals surface area contributed by atoms with E-state index in [4.69, 9.17) is 13.7 Å². The Hall–Kier alpha value is -3.27. The summed E-state index contributed by atoms with van der Waals surface area (Å²) < 4.78 is 40.8. The van der Waals surface area contributed by atoms with Crippen molar-refractivity contribution in [2.45, 2.75) is 18.9 Å². The van der Waals surface area contributed by atoms with Crippen LogP contribution in [0.25, 0.3) is 0 Å². The lowest BCUT2D eigenvalue weighted by Crippen LogP contribution is -2.41. The monoisotopic (exact) mass is 446 g/mol. The topological polar surface area (TPSA) is 111 Å². The first-order valence-corrected chi connectivity index (χ1v) is 11.4. The predicted octanol–water partition coefficient (Wildman–Crippen LogP) is 2.02. The van der Waals surface area contributed by atoms with Gasteiger partial charge in [-0.15, -0.1) is 0 Å². The van der Waals surface area contributed by atoms with Crippen LogP contribution in [-0.2, 0) is 20.5 Å². The normalized spacial score (nSPS) is 20.9. The Balaban J connectivity index is 1.49. The fraction of sp³-hybridized carbons (Fsp3) is 0.333. The lowest BCUT2D eigenvalue weighted by Gasteiger charge is -2.23. The van der Waals surface area contributed by atoms with Crippen molar-refractivity contribution in [1.82, 2.24) is 10.2 Å². The summed E-state index contributed by atoms with van der Waals surface area (Å²) >= 11 is 0. The van der Waals surface area contributed by atoms with Crippen LogP contribution in [0, 0.1) is 0 Å². The summed E-state index contributed by atoms with van der Waals surface area (Å²) in [5, 5.41) is 2.66. The third kappa shape index (κ3) is 4.29. The van der Waals surface area contributed by atoms with Gasteiger partial charge in [-0.25, -0.2) is 4.79 Å². The van der Waals surface area contributed by atoms with Crippen LogP contribution in [0.15, 0.2) is 48.5 Å². The number of amides is 3. The Morgan fingerprint density at radius 2 is 1.77 bits per heavy atom. The predicted molar refractivity (Wildman–Crippen MR) is 111 cm³/mol. The average Bonchev–Trinajstić information content (AvgIpc) is 2.89. The number of para-hydroxylation sites is 1. The highest BCUT2D eigenvalue weighted by atomic mass is 32.2. The Labute approximate surface area is 180 Å². The Bertz CT molecular complexity index is 1100. The van der Waals surface area contributed by atoms with Crippen molar-refractivity contribution in [3.05, 3.63) is 54.1 Å². The minimum Gasteiger partial charge on any atom is -0.490 e. The molecule has 1 unspecified atom stereocenters. The second kappa shape index (κ2) is 8.10. The van der Waals surface area contributed by atoms with E-state index in [0.29, 0.717) is 30.3 Å². The molecule has 2 aliphatic heterocycles. The molecule has 164 valence electrons. The van der Waals surface area contributed by atoms with Gasteiger partial charge in [-0.05, 0) is 36.8 Å². The van der Waals surface area contributed by atoms with Crippen LogP contribution in [0.2, 0.25) is 0 Å². The van der Waals surface area contributed by atoms with E-state index in [0.717, 1.165) is 11.3 Å². The Morgan fingerprint density at radius 3 is 2.52 bits per heavy atom. The van der Waals surface area contributed by atoms with Gasteiger partial charge in [0.15, 0.2) is 11.5 Å². The molecule has 0 aliphatic carbocycles. The van der Waals surface area contributed by atoms with Gasteiger partial charge in [-0.1, -0.05) is 24.3 Å². The van der Waals surface area contributed by atoms with E-state index in [1.54, 1.807) is 43.3 Å². The summed E-state index contributed by atoms with van der Waals surface area (Å²) in [7, 11) is -4.00. The third-order valence-corrected chi connectivity index (χ3v) is 6.26. The molecule has 1 fully saturated rings. The second-order valence-electron chi connectivity index (χ2n) is 7.38. The zero-order chi connectivity index (χ0) is 22.1. The molecule has 0 saturated carbocycles. The fourth-order valence-corrected chi connectivity index (χ4v) is 4.33. The average molecular weight is 446 g/mol. The molecule has 10 heteroatoms. The van der Waals surface area contributed by atoms with Crippen molar-refractivity contribution in [3.8, 4) is 17.2 Å². The summed E-state index contributed by atoms with van der Waals surface area (Å²) in [6.07, 6.45) is 0.740. The lowest BCUT2D eigenvalue weighted by atomic mass is 9.91. The number of carbonyl (C=O) groups excluding carboxylic acids is 2. The zero-order valence-electron chi connectivity index (χ0n) is 16.9. The van der Waals surface area contributed by atoms with Crippen molar-refractivity contribution in [3.63, 3.8) is 0 Å². The van der Waals surface area contributed by atoms with Crippen LogP contribution in [0.5, 0.6) is 17.2 Å². The van der Waals surface area contributed by atoms with Crippen LogP contribution in [0.1, 0.15) is 18.9 Å². The fourth-order valence-electron chi connectivity index (χ4n) is 3.44. The van der Waals surface area contributed by atoms with Gasteiger partial charge < -0.3 is 19.0 Å². The summed E-state index contributed by atoms with van der Waals surface area (Å²) in [5.41, 5.74) is -0.841. The molecule has 1 atom stereocenters. The summed E-state index contributed by atoms with van der Waals surface area (Å²) in [6, 6.07) is 12.4. The van der Waals surface area contributed by atoms with E-state index >= 15 is 0 Å². The van der Waals surface area contributed by atoms with E-state index in [2.05, 4.69) is 5.32 Å². The maximum Gasteiger partial charge on any atom is 0.325 e. The van der Waals surface area contributed by atoms with Crippen LogP contribution >= 0.6 is 0 Å². The maximum absolute atomic E-state index is 13.1. The largest absolute Gasteiger partial charge is 0.490 e. The number of hydrogen-bond acceptors (Lipinski definition) is 7. The number of benzene rings is 2. The van der Waals surface area contributed by atoms with Crippen LogP contribution in [0.4, 0.5) is 4.79 Å². The zero-order valence-corrected chi connectivity index (χ0v) is 17.7. The first kappa shape index (κ1) is 21.0. The van der Waals surface area contributed by atoms with Crippen molar-refractivity contribution < 1.29 is 31.7 Å². The molecule has 9 nitrogen and oxygen atoms in total. The summed E-state index contributed by atoms with van der Waals surface area (Å²) in [6.45, 7) is 2.26. The molecule has 1 saturated heterocycles. The Kier molecular flexibility index (Phi) is 5.48. The van der Waals surface area contributed by atoms with E-state index in [9.17, 15) is 18.0 Å². The number of carbonyl (C=O) groups is 2. The molecule has 2 aromatic rings. The minimum atomic E-state index is -4.00. The quantitative estimate of drug-likeness (QED) is 0.534. The smallest absolute Gasteiger partial charge is 0.325 e. The van der Waals surface area contributed by atoms with E-state index < -0.39 is 33.3 Å². The number of rotatable bonds is 6. The molecule has 0 bridgehead atoms. The molecule has 2 aromatic carbocycles. The summed E-state index contributed by atoms with van der Waals surface area (Å²) in [4.78, 5) is 26.5. The van der Waals surface area contributed by atoms with Gasteiger partial charge in [-0.2, -0.15) is 8.42 Å². The number of urea groups is 1. The molecule has 1 N–H and O–H groups in total. The number of imide groups is 1. The molecule has 0 spiro atoms. The van der Waals surface area contributed by atoms with Gasteiger partial charge in [0.2, 0.25) is 0 Å². The van der Waals surface area contributed by atoms with E-state index in [1.807, 2.05) is 0 Å². The maximum atomic E-state index is 13.1. The van der Waals surface area contributed by atoms with Gasteiger partial charge in [0.05, 0.1) is 13.2 Å². The van der Waals surface area contributed by atoms with Crippen molar-refractivity contribution in [1.29, 1.82) is 0 Å². The summed E-state index contributed by atoms with van der Waals surface area (Å²) in [5.74, 6) is 0.148. The van der Waals surface area contributed by atoms with Crippen molar-refractivity contribution in [2.24, 2.45) is 0 Å². The molecule has 3 amide bonds. The number of hydrogen-bond donors (Lipinski definition) is 1. The highest BCUT2D eigenvalue weighted by molar-refractivity contribution is 7.87. The second-order valence-corrected chi connectivity index (χ2v) is 9.07. The first-order valence-electron chi connectivity index (χ1n) is 9.80. The van der Waals surface area contributed by atoms with Gasteiger partial charge in [0.25, 0.3) is 5.91 Å². The van der Waals surface area contributed by atoms with E-state index in [-0.39, 0.29) is 12.3 Å². The highest BCUT2D eigenvalue weighted by Crippen LogP contribution is 2.36. The van der Waals surface area contributed by atoms with Crippen molar-refractivity contribution in [2.75, 3.05) is 25.5 Å². The molecule has 4 rings (SSSR count). The highest BCUT2D eigenvalue weighted by Gasteiger charge is 2.49. The molecular formula is C21H22N2O7S. The molecule has 2 aliphatic rings. The minimum absolute atomic E-state index is 0.164. The van der Waals surface area contributed by atoms with Gasteiger partial charge in [0.1, 0.15) is 17.0 Å². The lowest BCUT2D eigenvalue weighted by molar-refractivity contribution is -0.130. The molecular weight excluding hydrogens is 424 g/mol. The van der Waals surface area contributed by atoms with Gasteiger partial charge in [0, 0.05) is 13.0 Å². The van der Waals surface area contributed by atoms with Gasteiger partial charge in [-0.3, -0.25) is 9.69 Å². The number of ether oxygens (including phenoxy) is 2. The van der Waals surface area contributed by atoms with Gasteiger partial charge >= 0.3 is 16.1 Å². The number of nitrogens with one attached hydrogen (secondary N) is 1. The first-order chi connectivity index (χ1) is 14.8. The molecule has 0 aromatic heterocycles. The van der Waals surface area contributed by atoms with E-state index in [1.165, 1.54) is 12.1 Å². The van der Waals surface area contributed by atoms with Crippen LogP contribution in [-0.4, -0.2) is 50.8 Å². The van der Waals surface area contributed by atoms with Crippen molar-refractivity contribution >= 4 is 22.1 Å². The van der Waals surface area contributed by atoms with Crippen LogP contribution in [0.3, 0.4) is 0 Å². The molecule has 2 heterocycles. The SMILES string of the molecule is CC1(c2ccc3c(c2)OCCCO3)NC(=O)N(CCS(=O)(=O)Oc2ccccc2)C1=O.